The molecule has 1 aromatic carbocycles. The van der Waals surface area contributed by atoms with Gasteiger partial charge in [0.2, 0.25) is 0 Å². The number of hydrogen-bond acceptors (Lipinski definition) is 6. The third-order valence-electron chi connectivity index (χ3n) is 3.61. The molecule has 0 spiro atoms. The summed E-state index contributed by atoms with van der Waals surface area (Å²) < 4.78 is 21.6. The van der Waals surface area contributed by atoms with Crippen LogP contribution in [-0.2, 0) is 18.8 Å². The van der Waals surface area contributed by atoms with Crippen molar-refractivity contribution in [3.8, 4) is 0 Å². The summed E-state index contributed by atoms with van der Waals surface area (Å²) in [5, 5.41) is 2.61. The molecule has 0 atom stereocenters. The van der Waals surface area contributed by atoms with E-state index >= 15 is 0 Å². The molecular formula is C18H26BNO6. The number of anilines is 1. The maximum Gasteiger partial charge on any atom is 0.494 e. The summed E-state index contributed by atoms with van der Waals surface area (Å²) in [7, 11) is 0.638. The molecule has 0 unspecified atom stereocenters. The molecule has 1 aromatic rings. The Kier molecular flexibility index (Phi) is 5.98. The lowest BCUT2D eigenvalue weighted by atomic mass is 9.73. The van der Waals surface area contributed by atoms with Gasteiger partial charge >= 0.3 is 19.2 Å². The fraction of sp³-hybridized carbons (Fsp3) is 0.556. The summed E-state index contributed by atoms with van der Waals surface area (Å²) >= 11 is 0. The number of rotatable bonds is 3. The van der Waals surface area contributed by atoms with E-state index in [4.69, 9.17) is 18.8 Å². The second kappa shape index (κ2) is 7.67. The first-order valence-corrected chi connectivity index (χ1v) is 8.46. The van der Waals surface area contributed by atoms with Crippen molar-refractivity contribution < 1.29 is 28.4 Å². The van der Waals surface area contributed by atoms with Crippen LogP contribution in [0.5, 0.6) is 0 Å². The highest BCUT2D eigenvalue weighted by Gasteiger charge is 2.36. The Morgan fingerprint density at radius 2 is 1.81 bits per heavy atom. The van der Waals surface area contributed by atoms with E-state index in [1.807, 2.05) is 13.8 Å². The van der Waals surface area contributed by atoms with E-state index in [2.05, 4.69) is 5.32 Å². The van der Waals surface area contributed by atoms with Crippen LogP contribution in [0.2, 0.25) is 0 Å². The fourth-order valence-corrected chi connectivity index (χ4v) is 2.42. The maximum absolute atomic E-state index is 12.2. The predicted molar refractivity (Wildman–Crippen MR) is 98.7 cm³/mol. The predicted octanol–water partition coefficient (Wildman–Crippen LogP) is 2.59. The normalized spacial score (nSPS) is 16.8. The van der Waals surface area contributed by atoms with Crippen molar-refractivity contribution in [2.75, 3.05) is 25.6 Å². The monoisotopic (exact) mass is 363 g/mol. The van der Waals surface area contributed by atoms with E-state index in [1.165, 1.54) is 13.2 Å². The van der Waals surface area contributed by atoms with Crippen molar-refractivity contribution in [2.45, 2.75) is 40.2 Å². The van der Waals surface area contributed by atoms with E-state index in [-0.39, 0.29) is 11.0 Å². The molecule has 1 saturated heterocycles. The molecule has 0 aromatic heterocycles. The average Bonchev–Trinajstić information content (AvgIpc) is 2.52. The highest BCUT2D eigenvalue weighted by Crippen LogP contribution is 2.22. The number of ether oxygens (including phenoxy) is 2. The molecule has 1 aliphatic rings. The van der Waals surface area contributed by atoms with E-state index < -0.39 is 24.8 Å². The Morgan fingerprint density at radius 1 is 1.19 bits per heavy atom. The number of methoxy groups -OCH3 is 1. The molecule has 1 N–H and O–H groups in total. The molecule has 1 fully saturated rings. The van der Waals surface area contributed by atoms with Gasteiger partial charge in [-0.1, -0.05) is 19.9 Å². The van der Waals surface area contributed by atoms with Gasteiger partial charge in [0.25, 0.3) is 0 Å². The van der Waals surface area contributed by atoms with Crippen LogP contribution >= 0.6 is 0 Å². The van der Waals surface area contributed by atoms with Crippen LogP contribution in [0.25, 0.3) is 0 Å². The van der Waals surface area contributed by atoms with Gasteiger partial charge in [-0.3, -0.25) is 5.32 Å². The number of carbonyl (C=O) groups excluding carboxylic acids is 2. The van der Waals surface area contributed by atoms with Crippen LogP contribution in [0.4, 0.5) is 10.5 Å². The summed E-state index contributed by atoms with van der Waals surface area (Å²) in [5.74, 6) is -0.537. The molecule has 142 valence electrons. The third-order valence-corrected chi connectivity index (χ3v) is 3.61. The molecule has 0 bridgehead atoms. The van der Waals surface area contributed by atoms with Gasteiger partial charge < -0.3 is 18.8 Å². The van der Waals surface area contributed by atoms with Gasteiger partial charge in [0.1, 0.15) is 5.60 Å². The van der Waals surface area contributed by atoms with Crippen LogP contribution in [-0.4, -0.2) is 45.1 Å². The summed E-state index contributed by atoms with van der Waals surface area (Å²) in [6.45, 7) is 10.4. The Labute approximate surface area is 154 Å². The van der Waals surface area contributed by atoms with E-state index in [9.17, 15) is 9.59 Å². The van der Waals surface area contributed by atoms with Crippen LogP contribution in [0.15, 0.2) is 18.2 Å². The molecule has 7 nitrogen and oxygen atoms in total. The summed E-state index contributed by atoms with van der Waals surface area (Å²) in [4.78, 5) is 24.1. The topological polar surface area (TPSA) is 83.1 Å². The van der Waals surface area contributed by atoms with Crippen molar-refractivity contribution >= 4 is 30.3 Å². The molecule has 1 heterocycles. The Morgan fingerprint density at radius 3 is 2.35 bits per heavy atom. The molecule has 1 aliphatic heterocycles. The van der Waals surface area contributed by atoms with Crippen molar-refractivity contribution in [3.05, 3.63) is 23.8 Å². The number of nitrogens with one attached hydrogen (secondary N) is 1. The zero-order valence-electron chi connectivity index (χ0n) is 16.2. The standard InChI is InChI=1S/C18H26BNO6/c1-17(2,3)26-16(22)20-12-7-8-14(13(9-12)15(21)23-6)19-24-10-18(4,5)11-25-19/h7-9H,10-11H2,1-6H3,(H,20,22). The van der Waals surface area contributed by atoms with Gasteiger partial charge in [-0.15, -0.1) is 0 Å². The summed E-state index contributed by atoms with van der Waals surface area (Å²) in [6, 6.07) is 4.87. The smallest absolute Gasteiger partial charge is 0.465 e. The van der Waals surface area contributed by atoms with Gasteiger partial charge in [0, 0.05) is 24.3 Å². The fourth-order valence-electron chi connectivity index (χ4n) is 2.42. The lowest BCUT2D eigenvalue weighted by molar-refractivity contribution is 0.0340. The first kappa shape index (κ1) is 20.3. The zero-order chi connectivity index (χ0) is 19.5. The minimum Gasteiger partial charge on any atom is -0.465 e. The van der Waals surface area contributed by atoms with Gasteiger partial charge in [-0.25, -0.2) is 9.59 Å². The maximum atomic E-state index is 12.2. The average molecular weight is 363 g/mol. The Hall–Kier alpha value is -2.06. The van der Waals surface area contributed by atoms with E-state index in [0.717, 1.165) is 0 Å². The van der Waals surface area contributed by atoms with Gasteiger partial charge in [0.15, 0.2) is 0 Å². The van der Waals surface area contributed by atoms with Gasteiger partial charge in [-0.05, 0) is 38.4 Å². The molecule has 0 radical (unpaired) electrons. The molecule has 0 aliphatic carbocycles. The van der Waals surface area contributed by atoms with Crippen LogP contribution < -0.4 is 10.8 Å². The molecule has 26 heavy (non-hydrogen) atoms. The van der Waals surface area contributed by atoms with Crippen LogP contribution in [0.3, 0.4) is 0 Å². The first-order chi connectivity index (χ1) is 12.0. The van der Waals surface area contributed by atoms with Crippen molar-refractivity contribution in [1.82, 2.24) is 0 Å². The number of esters is 1. The number of carbonyl (C=O) groups is 2. The summed E-state index contributed by atoms with van der Waals surface area (Å²) in [5.41, 5.74) is 0.540. The molecular weight excluding hydrogens is 337 g/mol. The number of benzene rings is 1. The largest absolute Gasteiger partial charge is 0.494 e. The highest BCUT2D eigenvalue weighted by molar-refractivity contribution is 6.63. The first-order valence-electron chi connectivity index (χ1n) is 8.46. The minimum absolute atomic E-state index is 0.0832. The molecule has 2 rings (SSSR count). The SMILES string of the molecule is COC(=O)c1cc(NC(=O)OC(C)(C)C)ccc1B1OCC(C)(C)CO1. The van der Waals surface area contributed by atoms with Crippen LogP contribution in [0, 0.1) is 5.41 Å². The Balaban J connectivity index is 2.22. The van der Waals surface area contributed by atoms with E-state index in [0.29, 0.717) is 24.4 Å². The lowest BCUT2D eigenvalue weighted by Crippen LogP contribution is -2.49. The van der Waals surface area contributed by atoms with Crippen molar-refractivity contribution in [3.63, 3.8) is 0 Å². The molecule has 0 saturated carbocycles. The quantitative estimate of drug-likeness (QED) is 0.657. The second-order valence-electron chi connectivity index (χ2n) is 8.04. The van der Waals surface area contributed by atoms with Gasteiger partial charge in [-0.2, -0.15) is 0 Å². The molecule has 8 heteroatoms. The summed E-state index contributed by atoms with van der Waals surface area (Å²) in [6.07, 6.45) is -0.604. The zero-order valence-corrected chi connectivity index (χ0v) is 16.2. The number of amides is 1. The lowest BCUT2D eigenvalue weighted by Gasteiger charge is -2.33. The highest BCUT2D eigenvalue weighted by atomic mass is 16.6. The number of hydrogen-bond donors (Lipinski definition) is 1. The molecule has 1 amide bonds. The van der Waals surface area contributed by atoms with Crippen molar-refractivity contribution in [1.29, 1.82) is 0 Å². The van der Waals surface area contributed by atoms with E-state index in [1.54, 1.807) is 32.9 Å². The third kappa shape index (κ3) is 5.47. The second-order valence-corrected chi connectivity index (χ2v) is 8.04. The van der Waals surface area contributed by atoms with Gasteiger partial charge in [0.05, 0.1) is 12.7 Å². The Bertz CT molecular complexity index is 673. The minimum atomic E-state index is -0.660. The van der Waals surface area contributed by atoms with Crippen molar-refractivity contribution in [2.24, 2.45) is 5.41 Å². The van der Waals surface area contributed by atoms with Crippen LogP contribution in [0.1, 0.15) is 45.0 Å².